The van der Waals surface area contributed by atoms with Crippen LogP contribution in [0, 0.1) is 0 Å². The minimum Gasteiger partial charge on any atom is -0.379 e. The van der Waals surface area contributed by atoms with Crippen molar-refractivity contribution in [1.82, 2.24) is 0 Å². The predicted octanol–water partition coefficient (Wildman–Crippen LogP) is 1.26. The fourth-order valence-electron chi connectivity index (χ4n) is 0.662. The molecule has 1 N–H and O–H groups in total. The van der Waals surface area contributed by atoms with E-state index in [0.29, 0.717) is 6.61 Å². The Morgan fingerprint density at radius 3 is 2.67 bits per heavy atom. The number of hydrogen-bond acceptors (Lipinski definition) is 5. The van der Waals surface area contributed by atoms with E-state index in [4.69, 9.17) is 9.63 Å². The minimum absolute atomic E-state index is 0.106. The highest BCUT2D eigenvalue weighted by Crippen LogP contribution is 2.43. The summed E-state index contributed by atoms with van der Waals surface area (Å²) in [6.07, 6.45) is 2.41. The largest absolute Gasteiger partial charge is 0.529 e. The molecule has 0 aliphatic rings. The van der Waals surface area contributed by atoms with Crippen LogP contribution in [0.4, 0.5) is 0 Å². The number of allylic oxidation sites excluding steroid dienone is 1. The van der Waals surface area contributed by atoms with Crippen molar-refractivity contribution in [3.8, 4) is 0 Å². The first-order valence-corrected chi connectivity index (χ1v) is 5.92. The summed E-state index contributed by atoms with van der Waals surface area (Å²) in [4.78, 5) is 19.8. The molecule has 0 bridgehead atoms. The summed E-state index contributed by atoms with van der Waals surface area (Å²) in [7, 11) is -4.30. The van der Waals surface area contributed by atoms with Crippen molar-refractivity contribution in [3.63, 3.8) is 0 Å². The van der Waals surface area contributed by atoms with Gasteiger partial charge >= 0.3 is 13.8 Å². The maximum absolute atomic E-state index is 11.1. The molecule has 88 valence electrons. The van der Waals surface area contributed by atoms with E-state index in [0.717, 1.165) is 6.08 Å². The van der Waals surface area contributed by atoms with E-state index < -0.39 is 13.8 Å². The number of hydrogen-bond donors (Lipinski definition) is 1. The molecule has 0 fully saturated rings. The highest BCUT2D eigenvalue weighted by Gasteiger charge is 2.24. The second-order valence-electron chi connectivity index (χ2n) is 2.41. The van der Waals surface area contributed by atoms with Gasteiger partial charge in [-0.3, -0.25) is 9.42 Å². The lowest BCUT2D eigenvalue weighted by Gasteiger charge is -2.10. The Kier molecular flexibility index (Phi) is 7.25. The van der Waals surface area contributed by atoms with Crippen molar-refractivity contribution in [3.05, 3.63) is 12.2 Å². The number of carbonyl (C=O) groups excluding carboxylic acids is 1. The topological polar surface area (TPSA) is 82.1 Å². The van der Waals surface area contributed by atoms with E-state index in [1.807, 2.05) is 0 Å². The summed E-state index contributed by atoms with van der Waals surface area (Å²) in [5.41, 5.74) is 0. The second kappa shape index (κ2) is 7.59. The summed E-state index contributed by atoms with van der Waals surface area (Å²) >= 11 is 0. The first kappa shape index (κ1) is 14.3. The maximum Gasteiger partial charge on any atom is 0.529 e. The summed E-state index contributed by atoms with van der Waals surface area (Å²) in [5.74, 6) is -0.917. The molecule has 0 spiro atoms. The molecule has 1 unspecified atom stereocenters. The molecule has 0 saturated heterocycles. The molecule has 0 rings (SSSR count). The average Bonchev–Trinajstić information content (AvgIpc) is 2.12. The molecule has 0 aromatic heterocycles. The Morgan fingerprint density at radius 2 is 2.13 bits per heavy atom. The number of rotatable bonds is 7. The molecule has 15 heavy (non-hydrogen) atoms. The van der Waals surface area contributed by atoms with Gasteiger partial charge in [0, 0.05) is 12.7 Å². The quantitative estimate of drug-likeness (QED) is 0.408. The van der Waals surface area contributed by atoms with E-state index in [1.165, 1.54) is 6.08 Å². The van der Waals surface area contributed by atoms with Crippen LogP contribution in [0.3, 0.4) is 0 Å². The van der Waals surface area contributed by atoms with E-state index in [2.05, 4.69) is 9.05 Å². The zero-order chi connectivity index (χ0) is 11.7. The van der Waals surface area contributed by atoms with Crippen LogP contribution < -0.4 is 0 Å². The van der Waals surface area contributed by atoms with Crippen molar-refractivity contribution in [2.24, 2.45) is 0 Å². The fourth-order valence-corrected chi connectivity index (χ4v) is 1.31. The van der Waals surface area contributed by atoms with Gasteiger partial charge < -0.3 is 9.26 Å². The van der Waals surface area contributed by atoms with Crippen LogP contribution in [0.25, 0.3) is 0 Å². The molecule has 0 aromatic carbocycles. The molecule has 0 aliphatic heterocycles. The number of phosphoric acid groups is 1. The van der Waals surface area contributed by atoms with Crippen LogP contribution in [0.1, 0.15) is 13.8 Å². The van der Waals surface area contributed by atoms with Gasteiger partial charge in [-0.2, -0.15) is 0 Å². The maximum atomic E-state index is 11.1. The standard InChI is InChI=1S/C8H15O6P/c1-3-5-8(9)14-15(10,11)13-7-6-12-4-2/h3,5H,4,6-7H2,1-2H3,(H,10,11). The third-order valence-corrected chi connectivity index (χ3v) is 2.11. The molecule has 0 saturated carbocycles. The molecule has 0 aromatic rings. The van der Waals surface area contributed by atoms with Crippen molar-refractivity contribution >= 4 is 13.8 Å². The van der Waals surface area contributed by atoms with Crippen LogP contribution in [-0.2, 0) is 23.1 Å². The Balaban J connectivity index is 3.86. The van der Waals surface area contributed by atoms with Gasteiger partial charge in [0.15, 0.2) is 0 Å². The summed E-state index contributed by atoms with van der Waals surface area (Å²) in [6.45, 7) is 3.91. The van der Waals surface area contributed by atoms with E-state index >= 15 is 0 Å². The Morgan fingerprint density at radius 1 is 1.47 bits per heavy atom. The van der Waals surface area contributed by atoms with Gasteiger partial charge in [-0.05, 0) is 13.8 Å². The molecule has 0 aliphatic carbocycles. The summed E-state index contributed by atoms with van der Waals surface area (Å²) in [5, 5.41) is 0. The van der Waals surface area contributed by atoms with Crippen LogP contribution in [0.15, 0.2) is 12.2 Å². The third kappa shape index (κ3) is 8.32. The molecule has 1 atom stereocenters. The number of ether oxygens (including phenoxy) is 1. The summed E-state index contributed by atoms with van der Waals surface area (Å²) < 4.78 is 24.6. The molecular weight excluding hydrogens is 223 g/mol. The fraction of sp³-hybridized carbons (Fsp3) is 0.625. The smallest absolute Gasteiger partial charge is 0.379 e. The molecular formula is C8H15O6P. The minimum atomic E-state index is -4.30. The molecule has 0 heterocycles. The van der Waals surface area contributed by atoms with Gasteiger partial charge in [-0.15, -0.1) is 0 Å². The van der Waals surface area contributed by atoms with Crippen LogP contribution in [-0.4, -0.2) is 30.7 Å². The van der Waals surface area contributed by atoms with Crippen molar-refractivity contribution in [2.75, 3.05) is 19.8 Å². The van der Waals surface area contributed by atoms with Crippen molar-refractivity contribution in [2.45, 2.75) is 13.8 Å². The van der Waals surface area contributed by atoms with Gasteiger partial charge in [0.25, 0.3) is 0 Å². The Hall–Kier alpha value is -0.680. The monoisotopic (exact) mass is 238 g/mol. The zero-order valence-electron chi connectivity index (χ0n) is 8.71. The van der Waals surface area contributed by atoms with Crippen molar-refractivity contribution < 1.29 is 28.0 Å². The number of carbonyl (C=O) groups is 1. The highest BCUT2D eigenvalue weighted by molar-refractivity contribution is 7.48. The first-order valence-electron chi connectivity index (χ1n) is 4.43. The van der Waals surface area contributed by atoms with Crippen LogP contribution in [0.2, 0.25) is 0 Å². The van der Waals surface area contributed by atoms with Gasteiger partial charge in [0.1, 0.15) is 0 Å². The normalized spacial score (nSPS) is 15.1. The Labute approximate surface area is 88.5 Å². The van der Waals surface area contributed by atoms with Gasteiger partial charge in [-0.25, -0.2) is 9.36 Å². The van der Waals surface area contributed by atoms with Crippen LogP contribution >= 0.6 is 7.82 Å². The molecule has 0 amide bonds. The summed E-state index contributed by atoms with van der Waals surface area (Å²) in [6, 6.07) is 0. The van der Waals surface area contributed by atoms with Crippen molar-refractivity contribution in [1.29, 1.82) is 0 Å². The van der Waals surface area contributed by atoms with E-state index in [1.54, 1.807) is 13.8 Å². The third-order valence-electron chi connectivity index (χ3n) is 1.19. The van der Waals surface area contributed by atoms with E-state index in [-0.39, 0.29) is 13.2 Å². The predicted molar refractivity (Wildman–Crippen MR) is 53.2 cm³/mol. The van der Waals surface area contributed by atoms with Gasteiger partial charge in [0.2, 0.25) is 0 Å². The first-order chi connectivity index (χ1) is 7.02. The van der Waals surface area contributed by atoms with Crippen LogP contribution in [0.5, 0.6) is 0 Å². The van der Waals surface area contributed by atoms with Gasteiger partial charge in [0.05, 0.1) is 13.2 Å². The lowest BCUT2D eigenvalue weighted by Crippen LogP contribution is -2.06. The van der Waals surface area contributed by atoms with E-state index in [9.17, 15) is 9.36 Å². The number of phosphoric ester groups is 1. The lowest BCUT2D eigenvalue weighted by atomic mass is 10.5. The zero-order valence-corrected chi connectivity index (χ0v) is 9.61. The highest BCUT2D eigenvalue weighted by atomic mass is 31.2. The molecule has 7 heteroatoms. The SMILES string of the molecule is CC=CC(=O)OP(=O)(O)OCCOCC. The van der Waals surface area contributed by atoms with Gasteiger partial charge in [-0.1, -0.05) is 6.08 Å². The molecule has 0 radical (unpaired) electrons. The average molecular weight is 238 g/mol. The Bertz CT molecular complexity index is 262. The molecule has 6 nitrogen and oxygen atoms in total. The lowest BCUT2D eigenvalue weighted by molar-refractivity contribution is -0.130. The second-order valence-corrected chi connectivity index (χ2v) is 3.79.